The third-order valence-corrected chi connectivity index (χ3v) is 4.76. The van der Waals surface area contributed by atoms with E-state index in [4.69, 9.17) is 5.11 Å². The smallest absolute Gasteiger partial charge is 0.335 e. The summed E-state index contributed by atoms with van der Waals surface area (Å²) in [5.74, 6) is -2.36. The lowest BCUT2D eigenvalue weighted by atomic mass is 10.0. The van der Waals surface area contributed by atoms with Gasteiger partial charge in [0, 0.05) is 5.92 Å². The molecule has 1 amide bonds. The molecule has 0 radical (unpaired) electrons. The summed E-state index contributed by atoms with van der Waals surface area (Å²) in [7, 11) is 0. The molecule has 0 unspecified atom stereocenters. The minimum absolute atomic E-state index is 0.0125. The summed E-state index contributed by atoms with van der Waals surface area (Å²) in [5, 5.41) is 11.3. The van der Waals surface area contributed by atoms with E-state index < -0.39 is 11.8 Å². The molecule has 20 heavy (non-hydrogen) atoms. The molecule has 1 aliphatic rings. The predicted octanol–water partition coefficient (Wildman–Crippen LogP) is 3.14. The quantitative estimate of drug-likeness (QED) is 0.893. The van der Waals surface area contributed by atoms with Crippen molar-refractivity contribution in [3.8, 4) is 0 Å². The molecule has 0 bridgehead atoms. The number of hydrogen-bond donors (Lipinski definition) is 2. The molecule has 0 saturated heterocycles. The van der Waals surface area contributed by atoms with Crippen molar-refractivity contribution in [1.29, 1.82) is 0 Å². The minimum Gasteiger partial charge on any atom is -0.478 e. The zero-order valence-corrected chi connectivity index (χ0v) is 12.0. The van der Waals surface area contributed by atoms with Crippen molar-refractivity contribution in [3.63, 3.8) is 0 Å². The molecule has 1 aromatic rings. The molecule has 2 rings (SSSR count). The van der Waals surface area contributed by atoms with Crippen molar-refractivity contribution >= 4 is 17.6 Å². The molecule has 0 spiro atoms. The molecule has 108 valence electrons. The fraction of sp³-hybridized carbons (Fsp3) is 0.467. The number of amides is 1. The zero-order chi connectivity index (χ0) is 15.3. The van der Waals surface area contributed by atoms with Crippen LogP contribution in [0.1, 0.15) is 38.1 Å². The number of carbonyl (C=O) groups excluding carboxylic acids is 1. The lowest BCUT2D eigenvalue weighted by Crippen LogP contribution is -2.18. The highest BCUT2D eigenvalue weighted by Gasteiger charge is 2.68. The van der Waals surface area contributed by atoms with E-state index in [9.17, 15) is 14.0 Å². The highest BCUT2D eigenvalue weighted by atomic mass is 19.1. The van der Waals surface area contributed by atoms with E-state index in [1.807, 2.05) is 27.7 Å². The van der Waals surface area contributed by atoms with Gasteiger partial charge in [-0.05, 0) is 29.0 Å². The Morgan fingerprint density at radius 1 is 1.20 bits per heavy atom. The van der Waals surface area contributed by atoms with E-state index in [0.29, 0.717) is 0 Å². The van der Waals surface area contributed by atoms with Crippen molar-refractivity contribution in [3.05, 3.63) is 29.6 Å². The molecule has 0 heterocycles. The monoisotopic (exact) mass is 279 g/mol. The van der Waals surface area contributed by atoms with Crippen LogP contribution in [0.15, 0.2) is 18.2 Å². The van der Waals surface area contributed by atoms with E-state index in [2.05, 4.69) is 5.32 Å². The lowest BCUT2D eigenvalue weighted by molar-refractivity contribution is -0.118. The summed E-state index contributed by atoms with van der Waals surface area (Å²) in [6.07, 6.45) is 0. The van der Waals surface area contributed by atoms with Crippen LogP contribution in [0.4, 0.5) is 10.1 Å². The van der Waals surface area contributed by atoms with Gasteiger partial charge in [-0.1, -0.05) is 27.7 Å². The van der Waals surface area contributed by atoms with Gasteiger partial charge < -0.3 is 10.4 Å². The number of carboxylic acid groups (broad SMARTS) is 1. The number of aromatic carboxylic acids is 1. The van der Waals surface area contributed by atoms with Crippen LogP contribution in [-0.4, -0.2) is 17.0 Å². The van der Waals surface area contributed by atoms with Crippen LogP contribution in [0.25, 0.3) is 0 Å². The Morgan fingerprint density at radius 3 is 2.15 bits per heavy atom. The highest BCUT2D eigenvalue weighted by Crippen LogP contribution is 2.68. The topological polar surface area (TPSA) is 66.4 Å². The highest BCUT2D eigenvalue weighted by molar-refractivity contribution is 5.96. The Bertz CT molecular complexity index is 579. The molecule has 1 fully saturated rings. The number of hydrogen-bond acceptors (Lipinski definition) is 2. The Hall–Kier alpha value is -1.91. The second-order valence-electron chi connectivity index (χ2n) is 6.37. The second-order valence-corrected chi connectivity index (χ2v) is 6.37. The molecule has 2 N–H and O–H groups in total. The van der Waals surface area contributed by atoms with Crippen LogP contribution in [0.3, 0.4) is 0 Å². The van der Waals surface area contributed by atoms with Crippen molar-refractivity contribution in [1.82, 2.24) is 0 Å². The Balaban J connectivity index is 2.16. The number of carboxylic acids is 1. The molecule has 0 aromatic heterocycles. The zero-order valence-electron chi connectivity index (χ0n) is 12.0. The number of nitrogens with one attached hydrogen (secondary N) is 1. The largest absolute Gasteiger partial charge is 0.478 e. The first kappa shape index (κ1) is 14.5. The molecule has 1 saturated carbocycles. The lowest BCUT2D eigenvalue weighted by Gasteiger charge is -2.08. The normalized spacial score (nSPS) is 19.4. The second kappa shape index (κ2) is 4.30. The minimum atomic E-state index is -1.20. The van der Waals surface area contributed by atoms with Crippen LogP contribution in [0.2, 0.25) is 0 Å². The summed E-state index contributed by atoms with van der Waals surface area (Å²) >= 11 is 0. The summed E-state index contributed by atoms with van der Waals surface area (Å²) in [5.41, 5.74) is -0.394. The number of rotatable bonds is 3. The van der Waals surface area contributed by atoms with Gasteiger partial charge in [-0.2, -0.15) is 0 Å². The van der Waals surface area contributed by atoms with Gasteiger partial charge in [-0.3, -0.25) is 4.79 Å². The van der Waals surface area contributed by atoms with Crippen molar-refractivity contribution < 1.29 is 19.1 Å². The van der Waals surface area contributed by atoms with Crippen molar-refractivity contribution in [2.45, 2.75) is 27.7 Å². The van der Waals surface area contributed by atoms with Crippen LogP contribution >= 0.6 is 0 Å². The van der Waals surface area contributed by atoms with Gasteiger partial charge in [0.1, 0.15) is 5.82 Å². The maximum atomic E-state index is 13.8. The molecule has 4 nitrogen and oxygen atoms in total. The maximum Gasteiger partial charge on any atom is 0.335 e. The summed E-state index contributed by atoms with van der Waals surface area (Å²) in [6.45, 7) is 8.00. The first-order valence-corrected chi connectivity index (χ1v) is 6.42. The summed E-state index contributed by atoms with van der Waals surface area (Å²) in [6, 6.07) is 3.45. The average Bonchev–Trinajstić information content (AvgIpc) is 2.72. The molecule has 0 aliphatic heterocycles. The van der Waals surface area contributed by atoms with Crippen LogP contribution < -0.4 is 5.32 Å². The van der Waals surface area contributed by atoms with E-state index in [0.717, 1.165) is 6.07 Å². The van der Waals surface area contributed by atoms with Gasteiger partial charge in [0.05, 0.1) is 11.3 Å². The van der Waals surface area contributed by atoms with E-state index >= 15 is 0 Å². The number of carbonyl (C=O) groups is 2. The van der Waals surface area contributed by atoms with Crippen LogP contribution in [-0.2, 0) is 4.79 Å². The molecule has 0 atom stereocenters. The van der Waals surface area contributed by atoms with Gasteiger partial charge in [0.15, 0.2) is 0 Å². The standard InChI is InChI=1S/C15H18FNO3/c1-14(2)11(15(14,3)4)12(18)17-10-6-5-8(13(19)20)7-9(10)16/h5-7,11H,1-4H3,(H,17,18)(H,19,20). The van der Waals surface area contributed by atoms with Crippen LogP contribution in [0, 0.1) is 22.6 Å². The molecule has 1 aliphatic carbocycles. The number of anilines is 1. The summed E-state index contributed by atoms with van der Waals surface area (Å²) in [4.78, 5) is 22.9. The maximum absolute atomic E-state index is 13.8. The Kier molecular flexibility index (Phi) is 3.11. The fourth-order valence-corrected chi connectivity index (χ4v) is 2.81. The Labute approximate surface area is 117 Å². The van der Waals surface area contributed by atoms with Crippen molar-refractivity contribution in [2.75, 3.05) is 5.32 Å². The first-order chi connectivity index (χ1) is 9.09. The van der Waals surface area contributed by atoms with E-state index in [-0.39, 0.29) is 33.9 Å². The number of benzene rings is 1. The van der Waals surface area contributed by atoms with E-state index in [1.54, 1.807) is 0 Å². The third kappa shape index (κ3) is 2.07. The molecule has 1 aromatic carbocycles. The third-order valence-electron chi connectivity index (χ3n) is 4.76. The van der Waals surface area contributed by atoms with E-state index in [1.165, 1.54) is 12.1 Å². The number of halogens is 1. The fourth-order valence-electron chi connectivity index (χ4n) is 2.81. The van der Waals surface area contributed by atoms with Gasteiger partial charge in [-0.25, -0.2) is 9.18 Å². The molecular weight excluding hydrogens is 261 g/mol. The molecule has 5 heteroatoms. The Morgan fingerprint density at radius 2 is 1.75 bits per heavy atom. The first-order valence-electron chi connectivity index (χ1n) is 6.42. The molecular formula is C15H18FNO3. The van der Waals surface area contributed by atoms with Gasteiger partial charge in [-0.15, -0.1) is 0 Å². The van der Waals surface area contributed by atoms with Gasteiger partial charge in [0.25, 0.3) is 0 Å². The van der Waals surface area contributed by atoms with Crippen molar-refractivity contribution in [2.24, 2.45) is 16.7 Å². The summed E-state index contributed by atoms with van der Waals surface area (Å²) < 4.78 is 13.8. The van der Waals surface area contributed by atoms with Gasteiger partial charge >= 0.3 is 5.97 Å². The predicted molar refractivity (Wildman–Crippen MR) is 73.0 cm³/mol. The SMILES string of the molecule is CC1(C)C(C(=O)Nc2ccc(C(=O)O)cc2F)C1(C)C. The van der Waals surface area contributed by atoms with Gasteiger partial charge in [0.2, 0.25) is 5.91 Å². The van der Waals surface area contributed by atoms with Crippen LogP contribution in [0.5, 0.6) is 0 Å². The average molecular weight is 279 g/mol.